The molecule has 0 unspecified atom stereocenters. The molecule has 0 aliphatic heterocycles. The Labute approximate surface area is 277 Å². The van der Waals surface area contributed by atoms with Crippen LogP contribution in [0.3, 0.4) is 0 Å². The van der Waals surface area contributed by atoms with Crippen LogP contribution >= 0.6 is 11.6 Å². The van der Waals surface area contributed by atoms with Gasteiger partial charge in [0.2, 0.25) is 0 Å². The Kier molecular flexibility index (Phi) is 10.0. The van der Waals surface area contributed by atoms with Crippen molar-refractivity contribution in [2.24, 2.45) is 0 Å². The molecule has 0 saturated heterocycles. The second-order valence-electron chi connectivity index (χ2n) is 11.9. The lowest BCUT2D eigenvalue weighted by molar-refractivity contribution is 0.0234. The topological polar surface area (TPSA) is 124 Å². The molecule has 0 aliphatic rings. The van der Waals surface area contributed by atoms with Crippen molar-refractivity contribution in [3.8, 4) is 17.1 Å². The Morgan fingerprint density at radius 1 is 1.04 bits per heavy atom. The number of carbonyl (C=O) groups excluding carboxylic acids is 1. The quantitative estimate of drug-likeness (QED) is 0.149. The van der Waals surface area contributed by atoms with Gasteiger partial charge >= 0.3 is 6.09 Å². The number of rotatable bonds is 11. The van der Waals surface area contributed by atoms with E-state index in [0.717, 1.165) is 11.8 Å². The highest BCUT2D eigenvalue weighted by molar-refractivity contribution is 7.90. The number of nitrogens with one attached hydrogen (secondary N) is 1. The van der Waals surface area contributed by atoms with Gasteiger partial charge in [0.05, 0.1) is 22.8 Å². The molecule has 3 aromatic carbocycles. The summed E-state index contributed by atoms with van der Waals surface area (Å²) in [4.78, 5) is 23.0. The Morgan fingerprint density at radius 3 is 2.57 bits per heavy atom. The van der Waals surface area contributed by atoms with Gasteiger partial charge in [-0.25, -0.2) is 27.6 Å². The van der Waals surface area contributed by atoms with Crippen molar-refractivity contribution in [1.82, 2.24) is 14.9 Å². The maximum Gasteiger partial charge on any atom is 0.410 e. The highest BCUT2D eigenvalue weighted by Crippen LogP contribution is 2.33. The van der Waals surface area contributed by atoms with E-state index in [-0.39, 0.29) is 31.3 Å². The van der Waals surface area contributed by atoms with E-state index in [9.17, 15) is 17.6 Å². The van der Waals surface area contributed by atoms with Gasteiger partial charge in [0.15, 0.2) is 0 Å². The first-order valence-corrected chi connectivity index (χ1v) is 17.1. The summed E-state index contributed by atoms with van der Waals surface area (Å²) in [5, 5.41) is 4.37. The van der Waals surface area contributed by atoms with Crippen LogP contribution < -0.4 is 10.1 Å². The van der Waals surface area contributed by atoms with Gasteiger partial charge in [-0.1, -0.05) is 23.7 Å². The first-order chi connectivity index (χ1) is 22.2. The van der Waals surface area contributed by atoms with Crippen LogP contribution in [0.25, 0.3) is 22.2 Å². The van der Waals surface area contributed by atoms with E-state index >= 15 is 0 Å². The molecule has 0 radical (unpaired) electrons. The van der Waals surface area contributed by atoms with Crippen LogP contribution in [0.4, 0.5) is 20.7 Å². The molecule has 1 N–H and O–H groups in total. The number of halogens is 2. The average Bonchev–Trinajstić information content (AvgIpc) is 3.46. The van der Waals surface area contributed by atoms with Crippen molar-refractivity contribution in [1.29, 1.82) is 0 Å². The van der Waals surface area contributed by atoms with Gasteiger partial charge in [-0.2, -0.15) is 0 Å². The van der Waals surface area contributed by atoms with E-state index in [2.05, 4.69) is 15.3 Å². The zero-order valence-corrected chi connectivity index (χ0v) is 27.9. The Balaban J connectivity index is 1.33. The highest BCUT2D eigenvalue weighted by Gasteiger charge is 2.24. The standard InChI is InChI=1S/C34H34ClFN4O6S/c1-34(2,3)46-33(41)40(14-15-47(4,42)43)19-26-10-13-30(45-26)23-8-11-29-27(17-23)32(38-21-37-29)39-25-9-12-31(28(35)18-25)44-20-22-6-5-7-24(36)16-22/h5-13,16-18,21H,14-15,19-20H2,1-4H3,(H,37,38,39). The summed E-state index contributed by atoms with van der Waals surface area (Å²) in [5.41, 5.74) is 2.02. The SMILES string of the molecule is CC(C)(C)OC(=O)N(CCS(C)(=O)=O)Cc1ccc(-c2ccc3ncnc(Nc4ccc(OCc5cccc(F)c5)c(Cl)c4)c3c2)o1. The van der Waals surface area contributed by atoms with E-state index in [1.165, 1.54) is 23.4 Å². The largest absolute Gasteiger partial charge is 0.487 e. The summed E-state index contributed by atoms with van der Waals surface area (Å²) in [6.07, 6.45) is 1.94. The lowest BCUT2D eigenvalue weighted by atomic mass is 10.1. The van der Waals surface area contributed by atoms with Crippen LogP contribution in [0.5, 0.6) is 5.75 Å². The van der Waals surface area contributed by atoms with Crippen LogP contribution in [0.1, 0.15) is 32.1 Å². The number of aromatic nitrogens is 2. The number of furan rings is 1. The van der Waals surface area contributed by atoms with Crippen molar-refractivity contribution in [3.63, 3.8) is 0 Å². The summed E-state index contributed by atoms with van der Waals surface area (Å²) >= 11 is 6.50. The van der Waals surface area contributed by atoms with Crippen LogP contribution in [-0.2, 0) is 27.7 Å². The lowest BCUT2D eigenvalue weighted by Crippen LogP contribution is -2.38. The minimum absolute atomic E-state index is 0.0244. The molecule has 5 rings (SSSR count). The zero-order valence-electron chi connectivity index (χ0n) is 26.3. The average molecular weight is 681 g/mol. The smallest absolute Gasteiger partial charge is 0.410 e. The Morgan fingerprint density at radius 2 is 1.85 bits per heavy atom. The first-order valence-electron chi connectivity index (χ1n) is 14.7. The van der Waals surface area contributed by atoms with Crippen LogP contribution in [0.15, 0.2) is 83.5 Å². The molecule has 2 aromatic heterocycles. The van der Waals surface area contributed by atoms with Gasteiger partial charge in [0.1, 0.15) is 57.3 Å². The number of hydrogen-bond acceptors (Lipinski definition) is 9. The summed E-state index contributed by atoms with van der Waals surface area (Å²) in [6, 6.07) is 20.5. The predicted molar refractivity (Wildman–Crippen MR) is 179 cm³/mol. The third-order valence-electron chi connectivity index (χ3n) is 6.79. The van der Waals surface area contributed by atoms with Crippen molar-refractivity contribution < 1.29 is 31.5 Å². The summed E-state index contributed by atoms with van der Waals surface area (Å²) in [6.45, 7) is 5.37. The molecule has 1 amide bonds. The Bertz CT molecular complexity index is 2010. The summed E-state index contributed by atoms with van der Waals surface area (Å²) in [7, 11) is -3.32. The van der Waals surface area contributed by atoms with Crippen LogP contribution in [0.2, 0.25) is 5.02 Å². The number of nitrogens with zero attached hydrogens (tertiary/aromatic N) is 3. The van der Waals surface area contributed by atoms with Crippen molar-refractivity contribution in [3.05, 3.63) is 101 Å². The van der Waals surface area contributed by atoms with Gasteiger partial charge in [0.25, 0.3) is 0 Å². The molecule has 10 nitrogen and oxygen atoms in total. The minimum atomic E-state index is -3.32. The molecule has 0 spiro atoms. The highest BCUT2D eigenvalue weighted by atomic mass is 35.5. The monoisotopic (exact) mass is 680 g/mol. The van der Waals surface area contributed by atoms with Gasteiger partial charge in [0, 0.05) is 29.4 Å². The van der Waals surface area contributed by atoms with Crippen molar-refractivity contribution >= 4 is 49.9 Å². The molecule has 246 valence electrons. The molecule has 0 saturated carbocycles. The molecule has 0 atom stereocenters. The molecule has 13 heteroatoms. The maximum absolute atomic E-state index is 13.5. The molecule has 5 aromatic rings. The predicted octanol–water partition coefficient (Wildman–Crippen LogP) is 7.79. The molecule has 2 heterocycles. The number of benzene rings is 3. The second kappa shape index (κ2) is 14.0. The third-order valence-corrected chi connectivity index (χ3v) is 8.01. The number of sulfone groups is 1. The van der Waals surface area contributed by atoms with Crippen LogP contribution in [0, 0.1) is 5.82 Å². The summed E-state index contributed by atoms with van der Waals surface area (Å²) in [5.74, 6) is 1.42. The molecule has 47 heavy (non-hydrogen) atoms. The van der Waals surface area contributed by atoms with Crippen molar-refractivity contribution in [2.75, 3.05) is 23.9 Å². The van der Waals surface area contributed by atoms with E-state index in [0.29, 0.717) is 50.3 Å². The molecule has 0 fully saturated rings. The minimum Gasteiger partial charge on any atom is -0.487 e. The van der Waals surface area contributed by atoms with E-state index in [4.69, 9.17) is 25.5 Å². The van der Waals surface area contributed by atoms with E-state index < -0.39 is 21.5 Å². The summed E-state index contributed by atoms with van der Waals surface area (Å²) < 4.78 is 54.5. The Hall–Kier alpha value is -4.68. The number of anilines is 2. The van der Waals surface area contributed by atoms with Gasteiger partial charge in [-0.3, -0.25) is 4.90 Å². The fourth-order valence-electron chi connectivity index (χ4n) is 4.57. The van der Waals surface area contributed by atoms with Gasteiger partial charge < -0.3 is 19.2 Å². The van der Waals surface area contributed by atoms with E-state index in [1.807, 2.05) is 18.2 Å². The van der Waals surface area contributed by atoms with E-state index in [1.54, 1.807) is 63.2 Å². The number of fused-ring (bicyclic) bond motifs is 1. The molecular weight excluding hydrogens is 647 g/mol. The van der Waals surface area contributed by atoms with Gasteiger partial charge in [-0.15, -0.1) is 0 Å². The van der Waals surface area contributed by atoms with Gasteiger partial charge in [-0.05, 0) is 87.0 Å². The number of ether oxygens (including phenoxy) is 2. The second-order valence-corrected chi connectivity index (χ2v) is 14.6. The number of amides is 1. The lowest BCUT2D eigenvalue weighted by Gasteiger charge is -2.26. The number of carbonyl (C=O) groups is 1. The fraction of sp³-hybridized carbons (Fsp3) is 0.265. The molecule has 0 aliphatic carbocycles. The first kappa shape index (κ1) is 33.7. The zero-order chi connectivity index (χ0) is 33.8. The van der Waals surface area contributed by atoms with Crippen LogP contribution in [-0.4, -0.2) is 53.5 Å². The normalized spacial score (nSPS) is 11.8. The van der Waals surface area contributed by atoms with Crippen molar-refractivity contribution in [2.45, 2.75) is 39.5 Å². The third kappa shape index (κ3) is 9.43. The molecular formula is C34H34ClFN4O6S. The molecule has 0 bridgehead atoms. The fourth-order valence-corrected chi connectivity index (χ4v) is 5.36. The maximum atomic E-state index is 13.5. The number of hydrogen-bond donors (Lipinski definition) is 1.